The summed E-state index contributed by atoms with van der Waals surface area (Å²) in [5, 5.41) is 23.2. The van der Waals surface area contributed by atoms with E-state index in [0.717, 1.165) is 25.2 Å². The molecule has 41 heavy (non-hydrogen) atoms. The number of hydrogen-bond donors (Lipinski definition) is 2. The molecule has 0 saturated heterocycles. The number of benzene rings is 2. The van der Waals surface area contributed by atoms with Crippen molar-refractivity contribution < 1.29 is 14.6 Å². The molecule has 4 aliphatic carbocycles. The first-order valence-electron chi connectivity index (χ1n) is 16.3. The van der Waals surface area contributed by atoms with Crippen molar-refractivity contribution in [2.24, 2.45) is 34.5 Å². The predicted molar refractivity (Wildman–Crippen MR) is 171 cm³/mol. The molecule has 0 heterocycles. The van der Waals surface area contributed by atoms with E-state index in [-0.39, 0.29) is 34.5 Å². The van der Waals surface area contributed by atoms with Gasteiger partial charge in [0.15, 0.2) is 0 Å². The minimum atomic E-state index is -2.57. The molecule has 2 N–H and O–H groups in total. The molecule has 0 aromatic heterocycles. The minimum absolute atomic E-state index is 0.00548. The Morgan fingerprint density at radius 1 is 0.878 bits per heavy atom. The summed E-state index contributed by atoms with van der Waals surface area (Å²) >= 11 is 0. The van der Waals surface area contributed by atoms with Gasteiger partial charge >= 0.3 is 0 Å². The maximum Gasteiger partial charge on any atom is 0.261 e. The van der Waals surface area contributed by atoms with E-state index in [2.05, 4.69) is 101 Å². The molecule has 2 aromatic rings. The molecule has 3 saturated carbocycles. The summed E-state index contributed by atoms with van der Waals surface area (Å²) in [6.45, 7) is 12.1. The van der Waals surface area contributed by atoms with Crippen LogP contribution in [0.3, 0.4) is 0 Å². The molecule has 0 radical (unpaired) electrons. The summed E-state index contributed by atoms with van der Waals surface area (Å²) < 4.78 is 7.63. The number of aliphatic hydroxyl groups excluding tert-OH is 2. The van der Waals surface area contributed by atoms with Crippen molar-refractivity contribution in [3.8, 4) is 0 Å². The molecule has 6 rings (SSSR count). The maximum atomic E-state index is 10.7. The van der Waals surface area contributed by atoms with Crippen molar-refractivity contribution in [2.45, 2.75) is 103 Å². The molecule has 4 aliphatic rings. The summed E-state index contributed by atoms with van der Waals surface area (Å²) in [5.41, 5.74) is 2.07. The molecule has 0 amide bonds. The zero-order chi connectivity index (χ0) is 29.0. The standard InChI is InChI=1S/C37H52O3Si/c1-35(2,3)41(28-12-8-6-9-13-28,29-14-10-7-11-15-29)40-27-20-22-36(4)26(24-27)16-17-30-31-18-19-33(34(39)25-38)37(31,5)23-21-32(30)36/h6-16,27,30-34,38-39H,17-25H2,1-5H3/t27-,30?,31?,32?,33+,34?,36-,37-/m0/s1. The van der Waals surface area contributed by atoms with Gasteiger partial charge in [-0.3, -0.25) is 0 Å². The Morgan fingerprint density at radius 2 is 1.51 bits per heavy atom. The Hall–Kier alpha value is -1.72. The Labute approximate surface area is 249 Å². The van der Waals surface area contributed by atoms with Gasteiger partial charge in [-0.15, -0.1) is 0 Å². The van der Waals surface area contributed by atoms with Crippen molar-refractivity contribution >= 4 is 18.7 Å². The smallest absolute Gasteiger partial charge is 0.261 e. The third kappa shape index (κ3) is 4.63. The van der Waals surface area contributed by atoms with Crippen LogP contribution in [0.2, 0.25) is 5.04 Å². The lowest BCUT2D eigenvalue weighted by molar-refractivity contribution is -0.0774. The molecule has 8 atom stereocenters. The summed E-state index contributed by atoms with van der Waals surface area (Å²) in [5.74, 6) is 2.33. The van der Waals surface area contributed by atoms with Gasteiger partial charge in [-0.1, -0.05) is 107 Å². The van der Waals surface area contributed by atoms with Gasteiger partial charge in [0.05, 0.1) is 12.7 Å². The van der Waals surface area contributed by atoms with Gasteiger partial charge in [0.2, 0.25) is 0 Å². The average molecular weight is 573 g/mol. The second-order valence-corrected chi connectivity index (χ2v) is 19.6. The van der Waals surface area contributed by atoms with E-state index in [1.807, 2.05) is 0 Å². The molecule has 3 nitrogen and oxygen atoms in total. The van der Waals surface area contributed by atoms with Crippen LogP contribution in [0.1, 0.15) is 86.0 Å². The van der Waals surface area contributed by atoms with Crippen LogP contribution in [0.5, 0.6) is 0 Å². The van der Waals surface area contributed by atoms with E-state index in [0.29, 0.717) is 11.8 Å². The molecular formula is C37H52O3Si. The van der Waals surface area contributed by atoms with E-state index in [4.69, 9.17) is 4.43 Å². The van der Waals surface area contributed by atoms with Crippen LogP contribution in [-0.2, 0) is 4.43 Å². The fourth-order valence-corrected chi connectivity index (χ4v) is 15.2. The summed E-state index contributed by atoms with van der Waals surface area (Å²) in [6.07, 6.45) is 11.6. The Kier molecular flexibility index (Phi) is 7.71. The van der Waals surface area contributed by atoms with Gasteiger partial charge in [0, 0.05) is 6.10 Å². The van der Waals surface area contributed by atoms with Crippen molar-refractivity contribution in [3.63, 3.8) is 0 Å². The molecule has 0 spiro atoms. The highest BCUT2D eigenvalue weighted by Gasteiger charge is 2.60. The van der Waals surface area contributed by atoms with Crippen LogP contribution in [0.25, 0.3) is 0 Å². The fourth-order valence-electron chi connectivity index (χ4n) is 10.5. The average Bonchev–Trinajstić information content (AvgIpc) is 3.33. The molecule has 222 valence electrons. The van der Waals surface area contributed by atoms with Gasteiger partial charge in [-0.25, -0.2) is 0 Å². The van der Waals surface area contributed by atoms with E-state index in [9.17, 15) is 10.2 Å². The molecular weight excluding hydrogens is 520 g/mol. The van der Waals surface area contributed by atoms with E-state index >= 15 is 0 Å². The number of fused-ring (bicyclic) bond motifs is 5. The number of hydrogen-bond acceptors (Lipinski definition) is 3. The van der Waals surface area contributed by atoms with Crippen molar-refractivity contribution in [1.82, 2.24) is 0 Å². The van der Waals surface area contributed by atoms with Crippen LogP contribution in [0, 0.1) is 34.5 Å². The highest BCUT2D eigenvalue weighted by Crippen LogP contribution is 2.66. The first-order valence-corrected chi connectivity index (χ1v) is 18.2. The highest BCUT2D eigenvalue weighted by molar-refractivity contribution is 6.99. The minimum Gasteiger partial charge on any atom is -0.404 e. The Balaban J connectivity index is 1.29. The SMILES string of the molecule is CC(C)(C)[Si](O[C@H]1CC[C@@]2(C)C(=CCC3C2CC[C@@]2(C)C3CC[C@@H]2C(O)CO)C1)(c1ccccc1)c1ccccc1. The van der Waals surface area contributed by atoms with Gasteiger partial charge in [0.25, 0.3) is 8.32 Å². The maximum absolute atomic E-state index is 10.7. The van der Waals surface area contributed by atoms with E-state index in [1.165, 1.54) is 42.5 Å². The van der Waals surface area contributed by atoms with Gasteiger partial charge < -0.3 is 14.6 Å². The molecule has 4 unspecified atom stereocenters. The summed E-state index contributed by atoms with van der Waals surface area (Å²) in [4.78, 5) is 0. The summed E-state index contributed by atoms with van der Waals surface area (Å²) in [7, 11) is -2.57. The molecule has 4 heteroatoms. The largest absolute Gasteiger partial charge is 0.404 e. The number of aliphatic hydroxyl groups is 2. The monoisotopic (exact) mass is 572 g/mol. The van der Waals surface area contributed by atoms with Crippen molar-refractivity contribution in [3.05, 3.63) is 72.3 Å². The van der Waals surface area contributed by atoms with Gasteiger partial charge in [-0.2, -0.15) is 0 Å². The van der Waals surface area contributed by atoms with Crippen molar-refractivity contribution in [2.75, 3.05) is 6.61 Å². The first-order chi connectivity index (χ1) is 19.5. The number of rotatable bonds is 6. The zero-order valence-corrected chi connectivity index (χ0v) is 27.0. The third-order valence-corrected chi connectivity index (χ3v) is 17.6. The van der Waals surface area contributed by atoms with Gasteiger partial charge in [-0.05, 0) is 101 Å². The van der Waals surface area contributed by atoms with Crippen molar-refractivity contribution in [1.29, 1.82) is 0 Å². The lowest BCUT2D eigenvalue weighted by atomic mass is 9.47. The predicted octanol–water partition coefficient (Wildman–Crippen LogP) is 6.86. The van der Waals surface area contributed by atoms with Crippen LogP contribution >= 0.6 is 0 Å². The first kappa shape index (κ1) is 29.4. The number of allylic oxidation sites excluding steroid dienone is 1. The highest BCUT2D eigenvalue weighted by atomic mass is 28.4. The quantitative estimate of drug-likeness (QED) is 0.294. The van der Waals surface area contributed by atoms with Crippen LogP contribution in [0.15, 0.2) is 72.3 Å². The molecule has 0 bridgehead atoms. The van der Waals surface area contributed by atoms with Crippen LogP contribution < -0.4 is 10.4 Å². The second kappa shape index (κ2) is 10.8. The van der Waals surface area contributed by atoms with Crippen LogP contribution in [0.4, 0.5) is 0 Å². The summed E-state index contributed by atoms with van der Waals surface area (Å²) in [6, 6.07) is 22.2. The topological polar surface area (TPSA) is 49.7 Å². The van der Waals surface area contributed by atoms with Crippen LogP contribution in [-0.4, -0.2) is 37.3 Å². The molecule has 3 fully saturated rings. The molecule has 0 aliphatic heterocycles. The lowest BCUT2D eigenvalue weighted by Crippen LogP contribution is -2.68. The zero-order valence-electron chi connectivity index (χ0n) is 26.0. The Bertz CT molecular complexity index is 1200. The Morgan fingerprint density at radius 3 is 2.10 bits per heavy atom. The van der Waals surface area contributed by atoms with E-state index < -0.39 is 14.4 Å². The lowest BCUT2D eigenvalue weighted by Gasteiger charge is -2.59. The van der Waals surface area contributed by atoms with E-state index in [1.54, 1.807) is 5.57 Å². The molecule has 2 aromatic carbocycles. The third-order valence-electron chi connectivity index (χ3n) is 12.5. The fraction of sp³-hybridized carbons (Fsp3) is 0.622. The van der Waals surface area contributed by atoms with Gasteiger partial charge in [0.1, 0.15) is 0 Å². The normalized spacial score (nSPS) is 36.1. The second-order valence-electron chi connectivity index (χ2n) is 15.4.